The van der Waals surface area contributed by atoms with Gasteiger partial charge in [0.05, 0.1) is 17.4 Å². The Balaban J connectivity index is 1.93. The maximum Gasteiger partial charge on any atom is 0.337 e. The third-order valence-corrected chi connectivity index (χ3v) is 3.62. The van der Waals surface area contributed by atoms with Gasteiger partial charge in [0, 0.05) is 5.56 Å². The van der Waals surface area contributed by atoms with Gasteiger partial charge in [0.2, 0.25) is 0 Å². The lowest BCUT2D eigenvalue weighted by Crippen LogP contribution is -2.15. The molecule has 0 unspecified atom stereocenters. The van der Waals surface area contributed by atoms with Crippen molar-refractivity contribution >= 4 is 39.9 Å². The first kappa shape index (κ1) is 15.9. The summed E-state index contributed by atoms with van der Waals surface area (Å²) in [6.45, 7) is 0. The zero-order valence-electron chi connectivity index (χ0n) is 12.1. The van der Waals surface area contributed by atoms with Crippen molar-refractivity contribution < 1.29 is 19.1 Å². The van der Waals surface area contributed by atoms with Crippen LogP contribution in [0.4, 0.5) is 10.1 Å². The summed E-state index contributed by atoms with van der Waals surface area (Å²) in [5, 5.41) is 13.0. The largest absolute Gasteiger partial charge is 0.478 e. The first-order valence-electron chi connectivity index (χ1n) is 6.83. The minimum Gasteiger partial charge on any atom is -0.478 e. The van der Waals surface area contributed by atoms with Crippen molar-refractivity contribution in [2.24, 2.45) is 0 Å². The Morgan fingerprint density at radius 2 is 1.79 bits per heavy atom. The zero-order chi connectivity index (χ0) is 17.3. The molecule has 0 atom stereocenters. The fourth-order valence-corrected chi connectivity index (χ4v) is 2.42. The molecule has 0 aliphatic carbocycles. The Labute approximate surface area is 140 Å². The molecule has 0 aliphatic heterocycles. The van der Waals surface area contributed by atoms with Crippen molar-refractivity contribution in [3.8, 4) is 0 Å². The van der Waals surface area contributed by atoms with Gasteiger partial charge in [-0.15, -0.1) is 0 Å². The van der Waals surface area contributed by atoms with Crippen molar-refractivity contribution in [2.75, 3.05) is 5.32 Å². The number of anilines is 1. The summed E-state index contributed by atoms with van der Waals surface area (Å²) in [6, 6.07) is 10.1. The summed E-state index contributed by atoms with van der Waals surface area (Å²) in [5.74, 6) is -2.10. The number of hydrogen-bond acceptors (Lipinski definition) is 3. The molecule has 5 nitrogen and oxygen atoms in total. The first-order chi connectivity index (χ1) is 11.4. The van der Waals surface area contributed by atoms with Crippen molar-refractivity contribution in [3.05, 3.63) is 70.8 Å². The molecule has 7 heteroatoms. The number of pyridine rings is 1. The Kier molecular flexibility index (Phi) is 4.14. The standard InChI is InChI=1S/C17H10ClFN2O3/c18-15-7-13(17(23)24)14(8-20-15)21-16(22)11-2-1-10-6-12(19)4-3-9(10)5-11/h1-8H,(H,21,22)(H,23,24). The molecule has 0 saturated heterocycles. The van der Waals surface area contributed by atoms with Gasteiger partial charge in [-0.1, -0.05) is 23.7 Å². The average Bonchev–Trinajstić information content (AvgIpc) is 2.55. The molecule has 0 spiro atoms. The molecule has 1 aromatic heterocycles. The van der Waals surface area contributed by atoms with E-state index in [0.29, 0.717) is 16.3 Å². The van der Waals surface area contributed by atoms with Crippen molar-refractivity contribution in [1.82, 2.24) is 4.98 Å². The molecule has 2 N–H and O–H groups in total. The topological polar surface area (TPSA) is 79.3 Å². The molecule has 0 fully saturated rings. The minimum atomic E-state index is -1.23. The van der Waals surface area contributed by atoms with E-state index in [1.54, 1.807) is 18.2 Å². The summed E-state index contributed by atoms with van der Waals surface area (Å²) in [4.78, 5) is 27.3. The third kappa shape index (κ3) is 3.18. The van der Waals surface area contributed by atoms with E-state index in [1.165, 1.54) is 24.4 Å². The number of carbonyl (C=O) groups excluding carboxylic acids is 1. The summed E-state index contributed by atoms with van der Waals surface area (Å²) >= 11 is 5.67. The van der Waals surface area contributed by atoms with E-state index in [0.717, 1.165) is 6.07 Å². The number of carbonyl (C=O) groups is 2. The second kappa shape index (κ2) is 6.25. The maximum atomic E-state index is 13.2. The smallest absolute Gasteiger partial charge is 0.337 e. The van der Waals surface area contributed by atoms with Crippen LogP contribution < -0.4 is 5.32 Å². The van der Waals surface area contributed by atoms with Crippen LogP contribution in [-0.2, 0) is 0 Å². The van der Waals surface area contributed by atoms with Gasteiger partial charge in [-0.2, -0.15) is 0 Å². The van der Waals surface area contributed by atoms with Crippen LogP contribution in [-0.4, -0.2) is 22.0 Å². The molecule has 120 valence electrons. The molecule has 0 bridgehead atoms. The van der Waals surface area contributed by atoms with Crippen LogP contribution in [0.1, 0.15) is 20.7 Å². The normalized spacial score (nSPS) is 10.6. The number of amides is 1. The van der Waals surface area contributed by atoms with E-state index in [4.69, 9.17) is 16.7 Å². The number of carboxylic acid groups (broad SMARTS) is 1. The number of carboxylic acids is 1. The second-order valence-electron chi connectivity index (χ2n) is 5.02. The van der Waals surface area contributed by atoms with Crippen molar-refractivity contribution in [1.29, 1.82) is 0 Å². The molecular weight excluding hydrogens is 335 g/mol. The lowest BCUT2D eigenvalue weighted by molar-refractivity contribution is 0.0698. The van der Waals surface area contributed by atoms with Gasteiger partial charge in [-0.05, 0) is 41.1 Å². The molecule has 3 rings (SSSR count). The Bertz CT molecular complexity index is 975. The number of benzene rings is 2. The van der Waals surface area contributed by atoms with E-state index in [1.807, 2.05) is 0 Å². The maximum absolute atomic E-state index is 13.2. The van der Waals surface area contributed by atoms with Crippen LogP contribution >= 0.6 is 11.6 Å². The Morgan fingerprint density at radius 3 is 2.54 bits per heavy atom. The van der Waals surface area contributed by atoms with E-state index in [9.17, 15) is 14.0 Å². The van der Waals surface area contributed by atoms with Crippen LogP contribution in [0.25, 0.3) is 10.8 Å². The van der Waals surface area contributed by atoms with Crippen molar-refractivity contribution in [2.45, 2.75) is 0 Å². The highest BCUT2D eigenvalue weighted by molar-refractivity contribution is 6.30. The van der Waals surface area contributed by atoms with Crippen LogP contribution in [0.15, 0.2) is 48.7 Å². The average molecular weight is 345 g/mol. The molecule has 1 heterocycles. The molecule has 2 aromatic carbocycles. The predicted octanol–water partition coefficient (Wildman–Crippen LogP) is 3.98. The summed E-state index contributed by atoms with van der Waals surface area (Å²) in [5.41, 5.74) is 0.183. The number of fused-ring (bicyclic) bond motifs is 1. The number of nitrogens with one attached hydrogen (secondary N) is 1. The van der Waals surface area contributed by atoms with Crippen LogP contribution in [0, 0.1) is 5.82 Å². The molecule has 0 aliphatic rings. The quantitative estimate of drug-likeness (QED) is 0.704. The lowest BCUT2D eigenvalue weighted by Gasteiger charge is -2.09. The third-order valence-electron chi connectivity index (χ3n) is 3.41. The molecule has 0 saturated carbocycles. The van der Waals surface area contributed by atoms with E-state index in [2.05, 4.69) is 10.3 Å². The Hall–Kier alpha value is -2.99. The molecule has 1 amide bonds. The monoisotopic (exact) mass is 344 g/mol. The number of halogens is 2. The highest BCUT2D eigenvalue weighted by Gasteiger charge is 2.15. The molecule has 3 aromatic rings. The predicted molar refractivity (Wildman–Crippen MR) is 88.1 cm³/mol. The number of nitrogens with zero attached hydrogens (tertiary/aromatic N) is 1. The van der Waals surface area contributed by atoms with Gasteiger partial charge in [-0.3, -0.25) is 4.79 Å². The number of rotatable bonds is 3. The summed E-state index contributed by atoms with van der Waals surface area (Å²) in [7, 11) is 0. The Morgan fingerprint density at radius 1 is 1.08 bits per heavy atom. The summed E-state index contributed by atoms with van der Waals surface area (Å²) < 4.78 is 13.2. The minimum absolute atomic E-state index is 0.0122. The fraction of sp³-hybridized carbons (Fsp3) is 0. The van der Waals surface area contributed by atoms with Gasteiger partial charge in [0.25, 0.3) is 5.91 Å². The van der Waals surface area contributed by atoms with Gasteiger partial charge < -0.3 is 10.4 Å². The van der Waals surface area contributed by atoms with Crippen molar-refractivity contribution in [3.63, 3.8) is 0 Å². The number of hydrogen-bond donors (Lipinski definition) is 2. The van der Waals surface area contributed by atoms with E-state index >= 15 is 0 Å². The van der Waals surface area contributed by atoms with Gasteiger partial charge in [0.15, 0.2) is 0 Å². The first-order valence-corrected chi connectivity index (χ1v) is 7.21. The number of aromatic nitrogens is 1. The lowest BCUT2D eigenvalue weighted by atomic mass is 10.1. The van der Waals surface area contributed by atoms with Gasteiger partial charge >= 0.3 is 5.97 Å². The van der Waals surface area contributed by atoms with Gasteiger partial charge in [-0.25, -0.2) is 14.2 Å². The van der Waals surface area contributed by atoms with Crippen LogP contribution in [0.3, 0.4) is 0 Å². The van der Waals surface area contributed by atoms with Crippen LogP contribution in [0.2, 0.25) is 5.15 Å². The van der Waals surface area contributed by atoms with E-state index in [-0.39, 0.29) is 22.2 Å². The highest BCUT2D eigenvalue weighted by atomic mass is 35.5. The zero-order valence-corrected chi connectivity index (χ0v) is 12.8. The SMILES string of the molecule is O=C(Nc1cnc(Cl)cc1C(=O)O)c1ccc2cc(F)ccc2c1. The summed E-state index contributed by atoms with van der Waals surface area (Å²) in [6.07, 6.45) is 1.18. The fourth-order valence-electron chi connectivity index (χ4n) is 2.26. The highest BCUT2D eigenvalue weighted by Crippen LogP contribution is 2.21. The van der Waals surface area contributed by atoms with Gasteiger partial charge in [0.1, 0.15) is 11.0 Å². The van der Waals surface area contributed by atoms with Crippen LogP contribution in [0.5, 0.6) is 0 Å². The molecule has 0 radical (unpaired) electrons. The van der Waals surface area contributed by atoms with E-state index < -0.39 is 11.9 Å². The molecular formula is C17H10ClFN2O3. The molecule has 24 heavy (non-hydrogen) atoms. The second-order valence-corrected chi connectivity index (χ2v) is 5.41. The number of aromatic carboxylic acids is 1.